The van der Waals surface area contributed by atoms with Crippen molar-refractivity contribution in [3.8, 4) is 5.75 Å². The Bertz CT molecular complexity index is 708. The topological polar surface area (TPSA) is 49.9 Å². The van der Waals surface area contributed by atoms with Gasteiger partial charge in [-0.1, -0.05) is 12.1 Å². The van der Waals surface area contributed by atoms with Crippen LogP contribution in [0.25, 0.3) is 0 Å². The Balaban J connectivity index is 1.55. The largest absolute Gasteiger partial charge is 0.434 e. The molecule has 2 bridgehead atoms. The van der Waals surface area contributed by atoms with Crippen molar-refractivity contribution in [2.45, 2.75) is 38.3 Å². The molecule has 0 spiro atoms. The molecule has 4 aliphatic rings. The minimum Gasteiger partial charge on any atom is -0.434 e. The molecule has 5 rings (SSSR count). The molecule has 7 heteroatoms. The number of para-hydroxylation sites is 1. The SMILES string of the molecule is O=C(c1ccccc1OC(F)F)N1C[C@@H]2CC[C@H](C1)N(CC1CC1)C2=O. The van der Waals surface area contributed by atoms with Gasteiger partial charge in [-0.3, -0.25) is 9.59 Å². The Morgan fingerprint density at radius 3 is 2.65 bits per heavy atom. The third-order valence-corrected chi connectivity index (χ3v) is 5.57. The summed E-state index contributed by atoms with van der Waals surface area (Å²) in [5.41, 5.74) is 0.121. The summed E-state index contributed by atoms with van der Waals surface area (Å²) in [6.07, 6.45) is 4.01. The van der Waals surface area contributed by atoms with Crippen LogP contribution >= 0.6 is 0 Å². The van der Waals surface area contributed by atoms with Gasteiger partial charge in [0.25, 0.3) is 5.91 Å². The average molecular weight is 364 g/mol. The monoisotopic (exact) mass is 364 g/mol. The van der Waals surface area contributed by atoms with Crippen LogP contribution in [-0.4, -0.2) is 53.9 Å². The summed E-state index contributed by atoms with van der Waals surface area (Å²) in [4.78, 5) is 29.3. The zero-order chi connectivity index (χ0) is 18.3. The van der Waals surface area contributed by atoms with Crippen molar-refractivity contribution in [1.29, 1.82) is 0 Å². The predicted octanol–water partition coefficient (Wildman–Crippen LogP) is 2.76. The van der Waals surface area contributed by atoms with Crippen LogP contribution in [0.1, 0.15) is 36.0 Å². The lowest BCUT2D eigenvalue weighted by molar-refractivity contribution is -0.140. The molecule has 0 N–H and O–H groups in total. The molecule has 1 aliphatic carbocycles. The summed E-state index contributed by atoms with van der Waals surface area (Å²) in [5.74, 6) is 0.0762. The van der Waals surface area contributed by atoms with Crippen molar-refractivity contribution in [1.82, 2.24) is 9.80 Å². The van der Waals surface area contributed by atoms with Crippen LogP contribution in [0.5, 0.6) is 5.75 Å². The number of alkyl halides is 2. The van der Waals surface area contributed by atoms with Crippen molar-refractivity contribution < 1.29 is 23.1 Å². The van der Waals surface area contributed by atoms with Gasteiger partial charge in [0.1, 0.15) is 5.75 Å². The average Bonchev–Trinajstić information content (AvgIpc) is 3.44. The van der Waals surface area contributed by atoms with E-state index in [0.717, 1.165) is 19.4 Å². The Labute approximate surface area is 150 Å². The van der Waals surface area contributed by atoms with Crippen LogP contribution in [0.3, 0.4) is 0 Å². The summed E-state index contributed by atoms with van der Waals surface area (Å²) in [6.45, 7) is -1.40. The molecular weight excluding hydrogens is 342 g/mol. The van der Waals surface area contributed by atoms with Crippen molar-refractivity contribution in [3.05, 3.63) is 29.8 Å². The van der Waals surface area contributed by atoms with Crippen molar-refractivity contribution in [3.63, 3.8) is 0 Å². The first-order chi connectivity index (χ1) is 12.5. The van der Waals surface area contributed by atoms with E-state index in [-0.39, 0.29) is 35.1 Å². The van der Waals surface area contributed by atoms with E-state index in [1.165, 1.54) is 25.0 Å². The molecule has 0 unspecified atom stereocenters. The maximum Gasteiger partial charge on any atom is 0.387 e. The number of piperidine rings is 1. The first-order valence-electron chi connectivity index (χ1n) is 9.16. The quantitative estimate of drug-likeness (QED) is 0.807. The molecule has 0 aromatic heterocycles. The fraction of sp³-hybridized carbons (Fsp3) is 0.579. The molecule has 1 saturated carbocycles. The lowest BCUT2D eigenvalue weighted by Gasteiger charge is -2.36. The third kappa shape index (κ3) is 3.39. The van der Waals surface area contributed by atoms with Crippen LogP contribution in [0.15, 0.2) is 24.3 Å². The second-order valence-corrected chi connectivity index (χ2v) is 7.45. The van der Waals surface area contributed by atoms with Gasteiger partial charge in [0, 0.05) is 25.7 Å². The minimum atomic E-state index is -2.99. The molecule has 3 aliphatic heterocycles. The van der Waals surface area contributed by atoms with E-state index in [2.05, 4.69) is 4.74 Å². The zero-order valence-electron chi connectivity index (χ0n) is 14.4. The van der Waals surface area contributed by atoms with Crippen LogP contribution in [-0.2, 0) is 4.79 Å². The van der Waals surface area contributed by atoms with Crippen molar-refractivity contribution in [2.24, 2.45) is 11.8 Å². The smallest absolute Gasteiger partial charge is 0.387 e. The number of fused-ring (bicyclic) bond motifs is 4. The van der Waals surface area contributed by atoms with Gasteiger partial charge < -0.3 is 14.5 Å². The fourth-order valence-electron chi connectivity index (χ4n) is 4.04. The zero-order valence-corrected chi connectivity index (χ0v) is 14.4. The molecule has 1 aromatic carbocycles. The van der Waals surface area contributed by atoms with Gasteiger partial charge in [0.15, 0.2) is 0 Å². The highest BCUT2D eigenvalue weighted by molar-refractivity contribution is 5.97. The predicted molar refractivity (Wildman–Crippen MR) is 89.9 cm³/mol. The summed E-state index contributed by atoms with van der Waals surface area (Å²) in [5, 5.41) is 0. The fourth-order valence-corrected chi connectivity index (χ4v) is 4.04. The Morgan fingerprint density at radius 2 is 1.92 bits per heavy atom. The van der Waals surface area contributed by atoms with E-state index in [1.807, 2.05) is 4.90 Å². The number of ether oxygens (including phenoxy) is 1. The van der Waals surface area contributed by atoms with Gasteiger partial charge in [-0.2, -0.15) is 8.78 Å². The molecule has 4 fully saturated rings. The molecule has 26 heavy (non-hydrogen) atoms. The lowest BCUT2D eigenvalue weighted by atomic mass is 9.94. The van der Waals surface area contributed by atoms with Crippen LogP contribution < -0.4 is 4.74 Å². The summed E-state index contributed by atoms with van der Waals surface area (Å²) < 4.78 is 29.8. The second kappa shape index (κ2) is 6.85. The van der Waals surface area contributed by atoms with Gasteiger partial charge in [-0.25, -0.2) is 0 Å². The standard InChI is InChI=1S/C19H22F2N2O3/c20-19(21)26-16-4-2-1-3-15(16)18(25)22-10-13-7-8-14(11-22)23(17(13)24)9-12-5-6-12/h1-4,12-14,19H,5-11H2/t13-,14+/m0/s1. The van der Waals surface area contributed by atoms with Gasteiger partial charge in [-0.05, 0) is 43.7 Å². The minimum absolute atomic E-state index is 0.0222. The number of carbonyl (C=O) groups excluding carboxylic acids is 2. The number of rotatable bonds is 5. The van der Waals surface area contributed by atoms with Crippen LogP contribution in [0.2, 0.25) is 0 Å². The summed E-state index contributed by atoms with van der Waals surface area (Å²) in [7, 11) is 0. The number of hydrogen-bond donors (Lipinski definition) is 0. The first kappa shape index (κ1) is 17.2. The van der Waals surface area contributed by atoms with Gasteiger partial charge in [0.2, 0.25) is 5.91 Å². The summed E-state index contributed by atoms with van der Waals surface area (Å²) in [6, 6.07) is 6.07. The normalized spacial score (nSPS) is 25.6. The molecule has 2 atom stereocenters. The van der Waals surface area contributed by atoms with E-state index < -0.39 is 6.61 Å². The number of benzene rings is 1. The molecule has 2 amide bonds. The Hall–Kier alpha value is -2.18. The maximum atomic E-state index is 13.0. The van der Waals surface area contributed by atoms with Crippen molar-refractivity contribution >= 4 is 11.8 Å². The molecular formula is C19H22F2N2O3. The maximum absolute atomic E-state index is 13.0. The second-order valence-electron chi connectivity index (χ2n) is 7.45. The van der Waals surface area contributed by atoms with E-state index >= 15 is 0 Å². The number of amides is 2. The highest BCUT2D eigenvalue weighted by Crippen LogP contribution is 2.36. The van der Waals surface area contributed by atoms with E-state index in [4.69, 9.17) is 0 Å². The molecule has 5 nitrogen and oxygen atoms in total. The number of nitrogens with zero attached hydrogens (tertiary/aromatic N) is 2. The molecule has 1 aromatic rings. The van der Waals surface area contributed by atoms with Gasteiger partial charge >= 0.3 is 6.61 Å². The molecule has 3 heterocycles. The number of halogens is 2. The third-order valence-electron chi connectivity index (χ3n) is 5.57. The first-order valence-corrected chi connectivity index (χ1v) is 9.16. The Kier molecular flexibility index (Phi) is 4.54. The molecule has 0 radical (unpaired) electrons. The number of hydrogen-bond acceptors (Lipinski definition) is 3. The Morgan fingerprint density at radius 1 is 1.15 bits per heavy atom. The number of carbonyl (C=O) groups is 2. The molecule has 140 valence electrons. The van der Waals surface area contributed by atoms with Crippen molar-refractivity contribution in [2.75, 3.05) is 19.6 Å². The van der Waals surface area contributed by atoms with Crippen LogP contribution in [0.4, 0.5) is 8.78 Å². The van der Waals surface area contributed by atoms with Crippen LogP contribution in [0, 0.1) is 11.8 Å². The molecule has 3 saturated heterocycles. The highest BCUT2D eigenvalue weighted by Gasteiger charge is 2.43. The van der Waals surface area contributed by atoms with Gasteiger partial charge in [0.05, 0.1) is 11.5 Å². The van der Waals surface area contributed by atoms with E-state index in [1.54, 1.807) is 17.0 Å². The summed E-state index contributed by atoms with van der Waals surface area (Å²) >= 11 is 0. The van der Waals surface area contributed by atoms with E-state index in [9.17, 15) is 18.4 Å². The van der Waals surface area contributed by atoms with E-state index in [0.29, 0.717) is 19.0 Å². The lowest BCUT2D eigenvalue weighted by Crippen LogP contribution is -2.48. The van der Waals surface area contributed by atoms with Gasteiger partial charge in [-0.15, -0.1) is 0 Å². The highest BCUT2D eigenvalue weighted by atomic mass is 19.3.